The zero-order chi connectivity index (χ0) is 15.5. The third kappa shape index (κ3) is 4.77. The van der Waals surface area contributed by atoms with Crippen LogP contribution in [0.1, 0.15) is 12.8 Å². The van der Waals surface area contributed by atoms with Gasteiger partial charge in [0.15, 0.2) is 0 Å². The Kier molecular flexibility index (Phi) is 4.92. The molecule has 0 aliphatic carbocycles. The van der Waals surface area contributed by atoms with Gasteiger partial charge in [-0.3, -0.25) is 4.79 Å². The Morgan fingerprint density at radius 1 is 1.24 bits per heavy atom. The van der Waals surface area contributed by atoms with Gasteiger partial charge in [-0.15, -0.1) is 0 Å². The summed E-state index contributed by atoms with van der Waals surface area (Å²) in [6.07, 6.45) is -4.30. The van der Waals surface area contributed by atoms with Gasteiger partial charge in [0.25, 0.3) is 0 Å². The van der Waals surface area contributed by atoms with E-state index >= 15 is 0 Å². The minimum absolute atomic E-state index is 0.404. The van der Waals surface area contributed by atoms with Crippen molar-refractivity contribution >= 4 is 23.3 Å². The average Bonchev–Trinajstić information content (AvgIpc) is 2.45. The monoisotopic (exact) mass is 321 g/mol. The van der Waals surface area contributed by atoms with Crippen LogP contribution in [0.25, 0.3) is 0 Å². The lowest BCUT2D eigenvalue weighted by atomic mass is 10.2. The molecule has 1 aromatic rings. The minimum atomic E-state index is -4.29. The maximum absolute atomic E-state index is 12.1. The van der Waals surface area contributed by atoms with Crippen molar-refractivity contribution in [1.82, 2.24) is 9.88 Å². The van der Waals surface area contributed by atoms with Crippen LogP contribution in [-0.4, -0.2) is 48.1 Å². The van der Waals surface area contributed by atoms with Crippen LogP contribution < -0.4 is 4.90 Å². The molecule has 1 fully saturated rings. The fourth-order valence-corrected chi connectivity index (χ4v) is 2.26. The van der Waals surface area contributed by atoms with E-state index in [0.717, 1.165) is 5.82 Å². The molecule has 1 saturated heterocycles. The Bertz CT molecular complexity index is 484. The molecule has 1 aliphatic heterocycles. The zero-order valence-corrected chi connectivity index (χ0v) is 12.0. The summed E-state index contributed by atoms with van der Waals surface area (Å²) in [6, 6.07) is 3.51. The highest BCUT2D eigenvalue weighted by Crippen LogP contribution is 2.22. The number of aromatic nitrogens is 1. The lowest BCUT2D eigenvalue weighted by molar-refractivity contribution is -0.149. The molecular weight excluding hydrogens is 307 g/mol. The van der Waals surface area contributed by atoms with E-state index in [-0.39, 0.29) is 0 Å². The van der Waals surface area contributed by atoms with E-state index in [4.69, 9.17) is 11.6 Å². The smallest absolute Gasteiger partial charge is 0.353 e. The molecule has 0 radical (unpaired) electrons. The predicted molar refractivity (Wildman–Crippen MR) is 73.3 cm³/mol. The Morgan fingerprint density at radius 2 is 1.90 bits per heavy atom. The van der Waals surface area contributed by atoms with Crippen molar-refractivity contribution in [3.63, 3.8) is 0 Å². The summed E-state index contributed by atoms with van der Waals surface area (Å²) in [6.45, 7) is 1.90. The van der Waals surface area contributed by atoms with Crippen LogP contribution in [-0.2, 0) is 4.79 Å². The van der Waals surface area contributed by atoms with Gasteiger partial charge in [-0.05, 0) is 12.1 Å². The highest BCUT2D eigenvalue weighted by Gasteiger charge is 2.30. The molecule has 21 heavy (non-hydrogen) atoms. The topological polar surface area (TPSA) is 36.4 Å². The molecule has 0 saturated carbocycles. The molecule has 4 nitrogen and oxygen atoms in total. The van der Waals surface area contributed by atoms with E-state index in [9.17, 15) is 18.0 Å². The third-order valence-electron chi connectivity index (χ3n) is 3.29. The van der Waals surface area contributed by atoms with Crippen molar-refractivity contribution in [2.45, 2.75) is 19.0 Å². The average molecular weight is 322 g/mol. The number of hydrogen-bond donors (Lipinski definition) is 0. The van der Waals surface area contributed by atoms with Gasteiger partial charge < -0.3 is 9.80 Å². The quantitative estimate of drug-likeness (QED) is 0.859. The Balaban J connectivity index is 1.82. The van der Waals surface area contributed by atoms with Crippen LogP contribution >= 0.6 is 11.6 Å². The van der Waals surface area contributed by atoms with Crippen LogP contribution in [0.5, 0.6) is 0 Å². The lowest BCUT2D eigenvalue weighted by Crippen LogP contribution is -2.49. The first-order valence-corrected chi connectivity index (χ1v) is 6.94. The number of carbonyl (C=O) groups is 1. The molecule has 0 bridgehead atoms. The van der Waals surface area contributed by atoms with Gasteiger partial charge in [-0.25, -0.2) is 4.98 Å². The van der Waals surface area contributed by atoms with Crippen LogP contribution in [0, 0.1) is 0 Å². The molecular formula is C13H15ClF3N3O. The molecule has 0 atom stereocenters. The van der Waals surface area contributed by atoms with Crippen molar-refractivity contribution in [3.05, 3.63) is 23.4 Å². The number of alkyl halides is 3. The van der Waals surface area contributed by atoms with Gasteiger partial charge in [0, 0.05) is 38.8 Å². The van der Waals surface area contributed by atoms with Crippen molar-refractivity contribution in [2.24, 2.45) is 0 Å². The van der Waals surface area contributed by atoms with E-state index in [0.29, 0.717) is 31.2 Å². The summed E-state index contributed by atoms with van der Waals surface area (Å²) in [4.78, 5) is 19.3. The number of pyridine rings is 1. The maximum atomic E-state index is 12.1. The second kappa shape index (κ2) is 6.51. The summed E-state index contributed by atoms with van der Waals surface area (Å²) >= 11 is 5.76. The van der Waals surface area contributed by atoms with Crippen LogP contribution in [0.15, 0.2) is 18.3 Å². The largest absolute Gasteiger partial charge is 0.389 e. The maximum Gasteiger partial charge on any atom is 0.389 e. The van der Waals surface area contributed by atoms with Gasteiger partial charge in [0.05, 0.1) is 11.4 Å². The Morgan fingerprint density at radius 3 is 2.43 bits per heavy atom. The van der Waals surface area contributed by atoms with Gasteiger partial charge >= 0.3 is 6.18 Å². The first-order valence-electron chi connectivity index (χ1n) is 6.56. The first kappa shape index (κ1) is 15.9. The molecule has 1 aliphatic rings. The van der Waals surface area contributed by atoms with Gasteiger partial charge in [-0.1, -0.05) is 11.6 Å². The number of halogens is 4. The number of hydrogen-bond acceptors (Lipinski definition) is 3. The van der Waals surface area contributed by atoms with Crippen LogP contribution in [0.3, 0.4) is 0 Å². The van der Waals surface area contributed by atoms with Crippen LogP contribution in [0.2, 0.25) is 5.02 Å². The molecule has 0 spiro atoms. The number of amides is 1. The van der Waals surface area contributed by atoms with E-state index < -0.39 is 24.9 Å². The Labute approximate surface area is 125 Å². The third-order valence-corrected chi connectivity index (χ3v) is 3.51. The molecule has 1 amide bonds. The Hall–Kier alpha value is -1.50. The van der Waals surface area contributed by atoms with Gasteiger partial charge in [-0.2, -0.15) is 13.2 Å². The molecule has 0 aromatic carbocycles. The van der Waals surface area contributed by atoms with Crippen LogP contribution in [0.4, 0.5) is 19.0 Å². The molecule has 0 unspecified atom stereocenters. The second-order valence-corrected chi connectivity index (χ2v) is 5.25. The molecule has 8 heteroatoms. The predicted octanol–water partition coefficient (Wildman–Crippen LogP) is 2.73. The number of anilines is 1. The standard InChI is InChI=1S/C13H15ClF3N3O/c14-10-1-2-11(18-9-10)19-5-7-20(8-6-19)12(21)3-4-13(15,16)17/h1-2,9H,3-8H2. The van der Waals surface area contributed by atoms with E-state index in [2.05, 4.69) is 4.98 Å². The fraction of sp³-hybridized carbons (Fsp3) is 0.538. The van der Waals surface area contributed by atoms with Crippen molar-refractivity contribution in [2.75, 3.05) is 31.1 Å². The normalized spacial score (nSPS) is 16.2. The number of carbonyl (C=O) groups excluding carboxylic acids is 1. The van der Waals surface area contributed by atoms with Gasteiger partial charge in [0.1, 0.15) is 5.82 Å². The fourth-order valence-electron chi connectivity index (χ4n) is 2.15. The second-order valence-electron chi connectivity index (χ2n) is 4.82. The summed E-state index contributed by atoms with van der Waals surface area (Å²) in [7, 11) is 0. The zero-order valence-electron chi connectivity index (χ0n) is 11.2. The SMILES string of the molecule is O=C(CCC(F)(F)F)N1CCN(c2ccc(Cl)cn2)CC1. The molecule has 2 heterocycles. The molecule has 116 valence electrons. The number of rotatable bonds is 3. The van der Waals surface area contributed by atoms with E-state index in [1.54, 1.807) is 12.1 Å². The number of nitrogens with zero attached hydrogens (tertiary/aromatic N) is 3. The highest BCUT2D eigenvalue weighted by molar-refractivity contribution is 6.30. The number of piperazine rings is 1. The molecule has 1 aromatic heterocycles. The van der Waals surface area contributed by atoms with Crippen molar-refractivity contribution < 1.29 is 18.0 Å². The van der Waals surface area contributed by atoms with E-state index in [1.165, 1.54) is 11.1 Å². The molecule has 0 N–H and O–H groups in total. The van der Waals surface area contributed by atoms with Crippen molar-refractivity contribution in [3.8, 4) is 0 Å². The molecule has 2 rings (SSSR count). The van der Waals surface area contributed by atoms with Gasteiger partial charge in [0.2, 0.25) is 5.91 Å². The first-order chi connectivity index (χ1) is 9.85. The lowest BCUT2D eigenvalue weighted by Gasteiger charge is -2.35. The minimum Gasteiger partial charge on any atom is -0.353 e. The summed E-state index contributed by atoms with van der Waals surface area (Å²) < 4.78 is 36.3. The summed E-state index contributed by atoms with van der Waals surface area (Å²) in [5.74, 6) is 0.304. The van der Waals surface area contributed by atoms with E-state index in [1.807, 2.05) is 4.90 Å². The van der Waals surface area contributed by atoms with Crippen molar-refractivity contribution in [1.29, 1.82) is 0 Å². The highest BCUT2D eigenvalue weighted by atomic mass is 35.5. The summed E-state index contributed by atoms with van der Waals surface area (Å²) in [5.41, 5.74) is 0. The summed E-state index contributed by atoms with van der Waals surface area (Å²) in [5, 5.41) is 0.541.